The molecular formula is C13H20N4O. The largest absolute Gasteiger partial charge is 0.387 e. The van der Waals surface area contributed by atoms with Crippen molar-refractivity contribution >= 4 is 0 Å². The van der Waals surface area contributed by atoms with Gasteiger partial charge in [0.05, 0.1) is 17.5 Å². The van der Waals surface area contributed by atoms with Gasteiger partial charge in [-0.2, -0.15) is 10.2 Å². The molecule has 0 saturated carbocycles. The van der Waals surface area contributed by atoms with Gasteiger partial charge in [-0.05, 0) is 38.3 Å². The lowest BCUT2D eigenvalue weighted by molar-refractivity contribution is 0.158. The van der Waals surface area contributed by atoms with Crippen LogP contribution in [0.15, 0.2) is 12.3 Å². The van der Waals surface area contributed by atoms with Crippen LogP contribution in [0, 0.1) is 13.8 Å². The summed E-state index contributed by atoms with van der Waals surface area (Å²) in [6.45, 7) is 4.07. The van der Waals surface area contributed by atoms with Crippen LogP contribution in [-0.4, -0.2) is 24.7 Å². The average Bonchev–Trinajstić information content (AvgIpc) is 2.83. The van der Waals surface area contributed by atoms with E-state index >= 15 is 0 Å². The Balaban J connectivity index is 2.06. The molecule has 1 unspecified atom stereocenters. The van der Waals surface area contributed by atoms with E-state index in [4.69, 9.17) is 0 Å². The standard InChI is InChI=1S/C13H20N4O/c1-9-11(10(2)16(3)15-9)5-6-13(18)12-7-8-14-17(12)4/h7-8,13,18H,5-6H2,1-4H3. The van der Waals surface area contributed by atoms with Gasteiger partial charge < -0.3 is 5.11 Å². The molecule has 2 heterocycles. The van der Waals surface area contributed by atoms with E-state index in [1.807, 2.05) is 31.8 Å². The predicted molar refractivity (Wildman–Crippen MR) is 69.2 cm³/mol. The summed E-state index contributed by atoms with van der Waals surface area (Å²) >= 11 is 0. The van der Waals surface area contributed by atoms with Gasteiger partial charge in [0, 0.05) is 26.0 Å². The van der Waals surface area contributed by atoms with E-state index in [0.29, 0.717) is 6.42 Å². The van der Waals surface area contributed by atoms with Crippen LogP contribution in [0.3, 0.4) is 0 Å². The minimum atomic E-state index is -0.475. The Bertz CT molecular complexity index is 541. The fourth-order valence-corrected chi connectivity index (χ4v) is 2.32. The number of aromatic nitrogens is 4. The SMILES string of the molecule is Cc1nn(C)c(C)c1CCC(O)c1ccnn1C. The Morgan fingerprint density at radius 2 is 2.00 bits per heavy atom. The highest BCUT2D eigenvalue weighted by Crippen LogP contribution is 2.21. The number of aliphatic hydroxyl groups excluding tert-OH is 1. The first-order valence-electron chi connectivity index (χ1n) is 6.15. The second-order valence-corrected chi connectivity index (χ2v) is 4.71. The molecule has 5 nitrogen and oxygen atoms in total. The zero-order valence-electron chi connectivity index (χ0n) is 11.4. The number of rotatable bonds is 4. The van der Waals surface area contributed by atoms with Crippen LogP contribution >= 0.6 is 0 Å². The Morgan fingerprint density at radius 3 is 2.50 bits per heavy atom. The lowest BCUT2D eigenvalue weighted by atomic mass is 10.0. The minimum Gasteiger partial charge on any atom is -0.387 e. The first-order chi connectivity index (χ1) is 8.50. The smallest absolute Gasteiger partial charge is 0.0959 e. The molecule has 0 spiro atoms. The highest BCUT2D eigenvalue weighted by Gasteiger charge is 2.15. The summed E-state index contributed by atoms with van der Waals surface area (Å²) in [5.41, 5.74) is 4.31. The van der Waals surface area contributed by atoms with E-state index in [2.05, 4.69) is 17.1 Å². The molecule has 0 aromatic carbocycles. The minimum absolute atomic E-state index is 0.475. The van der Waals surface area contributed by atoms with Crippen molar-refractivity contribution < 1.29 is 5.11 Å². The molecule has 0 saturated heterocycles. The van der Waals surface area contributed by atoms with Crippen molar-refractivity contribution in [3.05, 3.63) is 34.9 Å². The second-order valence-electron chi connectivity index (χ2n) is 4.71. The van der Waals surface area contributed by atoms with E-state index in [0.717, 1.165) is 17.8 Å². The monoisotopic (exact) mass is 248 g/mol. The fraction of sp³-hybridized carbons (Fsp3) is 0.538. The molecule has 0 aliphatic rings. The molecule has 0 radical (unpaired) electrons. The maximum atomic E-state index is 10.2. The van der Waals surface area contributed by atoms with Gasteiger partial charge in [-0.15, -0.1) is 0 Å². The highest BCUT2D eigenvalue weighted by atomic mass is 16.3. The molecule has 18 heavy (non-hydrogen) atoms. The second kappa shape index (κ2) is 4.94. The summed E-state index contributed by atoms with van der Waals surface area (Å²) in [5.74, 6) is 0. The average molecular weight is 248 g/mol. The van der Waals surface area contributed by atoms with Crippen molar-refractivity contribution in [1.82, 2.24) is 19.6 Å². The van der Waals surface area contributed by atoms with Gasteiger partial charge in [0.15, 0.2) is 0 Å². The summed E-state index contributed by atoms with van der Waals surface area (Å²) in [6, 6.07) is 1.85. The van der Waals surface area contributed by atoms with Crippen LogP contribution < -0.4 is 0 Å². The van der Waals surface area contributed by atoms with Gasteiger partial charge in [-0.3, -0.25) is 9.36 Å². The van der Waals surface area contributed by atoms with Gasteiger partial charge in [0.2, 0.25) is 0 Å². The van der Waals surface area contributed by atoms with Gasteiger partial charge in [0.1, 0.15) is 0 Å². The highest BCUT2D eigenvalue weighted by molar-refractivity contribution is 5.24. The topological polar surface area (TPSA) is 55.9 Å². The Morgan fingerprint density at radius 1 is 1.28 bits per heavy atom. The molecule has 1 atom stereocenters. The molecule has 98 valence electrons. The van der Waals surface area contributed by atoms with Crippen LogP contribution in [-0.2, 0) is 20.5 Å². The predicted octanol–water partition coefficient (Wildman–Crippen LogP) is 1.44. The quantitative estimate of drug-likeness (QED) is 0.890. The Hall–Kier alpha value is -1.62. The van der Waals surface area contributed by atoms with Crippen LogP contribution in [0.2, 0.25) is 0 Å². The lowest BCUT2D eigenvalue weighted by Gasteiger charge is -2.11. The number of aryl methyl sites for hydroxylation is 3. The van der Waals surface area contributed by atoms with Gasteiger partial charge in [0.25, 0.3) is 0 Å². The number of aliphatic hydroxyl groups is 1. The van der Waals surface area contributed by atoms with Crippen molar-refractivity contribution in [2.45, 2.75) is 32.8 Å². The molecule has 2 aromatic heterocycles. The molecule has 1 N–H and O–H groups in total. The molecule has 0 aliphatic carbocycles. The molecule has 0 fully saturated rings. The maximum absolute atomic E-state index is 10.2. The molecule has 0 bridgehead atoms. The summed E-state index contributed by atoms with van der Waals surface area (Å²) < 4.78 is 3.61. The van der Waals surface area contributed by atoms with E-state index < -0.39 is 6.10 Å². The van der Waals surface area contributed by atoms with Crippen LogP contribution in [0.5, 0.6) is 0 Å². The van der Waals surface area contributed by atoms with E-state index in [-0.39, 0.29) is 0 Å². The van der Waals surface area contributed by atoms with E-state index in [9.17, 15) is 5.11 Å². The first kappa shape index (κ1) is 12.8. The first-order valence-corrected chi connectivity index (χ1v) is 6.15. The third kappa shape index (κ3) is 2.31. The van der Waals surface area contributed by atoms with Gasteiger partial charge >= 0.3 is 0 Å². The molecular weight excluding hydrogens is 228 g/mol. The van der Waals surface area contributed by atoms with Crippen molar-refractivity contribution in [3.8, 4) is 0 Å². The summed E-state index contributed by atoms with van der Waals surface area (Å²) in [6.07, 6.45) is 2.75. The van der Waals surface area contributed by atoms with Crippen molar-refractivity contribution in [2.75, 3.05) is 0 Å². The summed E-state index contributed by atoms with van der Waals surface area (Å²) in [4.78, 5) is 0. The summed E-state index contributed by atoms with van der Waals surface area (Å²) in [5, 5.41) is 18.6. The van der Waals surface area contributed by atoms with E-state index in [1.54, 1.807) is 10.9 Å². The van der Waals surface area contributed by atoms with Crippen LogP contribution in [0.4, 0.5) is 0 Å². The zero-order chi connectivity index (χ0) is 13.3. The number of hydrogen-bond acceptors (Lipinski definition) is 3. The Labute approximate surface area is 107 Å². The Kier molecular flexibility index (Phi) is 3.52. The zero-order valence-corrected chi connectivity index (χ0v) is 11.4. The van der Waals surface area contributed by atoms with Gasteiger partial charge in [-0.1, -0.05) is 0 Å². The van der Waals surface area contributed by atoms with Crippen molar-refractivity contribution in [3.63, 3.8) is 0 Å². The van der Waals surface area contributed by atoms with Crippen LogP contribution in [0.1, 0.15) is 35.2 Å². The molecule has 5 heteroatoms. The lowest BCUT2D eigenvalue weighted by Crippen LogP contribution is -2.07. The normalized spacial score (nSPS) is 12.9. The number of nitrogens with zero attached hydrogens (tertiary/aromatic N) is 4. The van der Waals surface area contributed by atoms with Crippen molar-refractivity contribution in [1.29, 1.82) is 0 Å². The van der Waals surface area contributed by atoms with Crippen LogP contribution in [0.25, 0.3) is 0 Å². The third-order valence-corrected chi connectivity index (χ3v) is 3.53. The van der Waals surface area contributed by atoms with Crippen molar-refractivity contribution in [2.24, 2.45) is 14.1 Å². The molecule has 2 aromatic rings. The fourth-order valence-electron chi connectivity index (χ4n) is 2.32. The number of hydrogen-bond donors (Lipinski definition) is 1. The van der Waals surface area contributed by atoms with Gasteiger partial charge in [-0.25, -0.2) is 0 Å². The molecule has 2 rings (SSSR count). The maximum Gasteiger partial charge on any atom is 0.0959 e. The molecule has 0 aliphatic heterocycles. The summed E-state index contributed by atoms with van der Waals surface area (Å²) in [7, 11) is 3.79. The third-order valence-electron chi connectivity index (χ3n) is 3.53. The molecule has 0 amide bonds. The van der Waals surface area contributed by atoms with E-state index in [1.165, 1.54) is 11.3 Å².